The maximum Gasteiger partial charge on any atom is 0.267 e. The molecule has 0 aromatic heterocycles. The van der Waals surface area contributed by atoms with Crippen LogP contribution in [0, 0.1) is 0 Å². The molecule has 1 aliphatic heterocycles. The van der Waals surface area contributed by atoms with E-state index in [1.165, 1.54) is 29.1 Å². The van der Waals surface area contributed by atoms with Crippen molar-refractivity contribution >= 4 is 15.8 Å². The predicted octanol–water partition coefficient (Wildman–Crippen LogP) is 3.18. The molecule has 4 heteroatoms. The van der Waals surface area contributed by atoms with E-state index < -0.39 is 0 Å². The Labute approximate surface area is 159 Å². The third-order valence-corrected chi connectivity index (χ3v) is 8.58. The number of fused-ring (bicyclic) bond motifs is 1. The first kappa shape index (κ1) is 19.1. The van der Waals surface area contributed by atoms with Crippen molar-refractivity contribution in [1.29, 1.82) is 0 Å². The van der Waals surface area contributed by atoms with E-state index in [1.54, 1.807) is 5.56 Å². The zero-order chi connectivity index (χ0) is 16.0. The second-order valence-corrected chi connectivity index (χ2v) is 11.3. The summed E-state index contributed by atoms with van der Waals surface area (Å²) in [5.41, 5.74) is 4.11. The first-order valence-electron chi connectivity index (χ1n) is 8.64. The van der Waals surface area contributed by atoms with Crippen LogP contribution in [0.4, 0.5) is 0 Å². The Morgan fingerprint density at radius 3 is 2.65 bits per heavy atom. The van der Waals surface area contributed by atoms with Crippen LogP contribution in [0.3, 0.4) is 0 Å². The zero-order valence-corrected chi connectivity index (χ0v) is 18.3. The van der Waals surface area contributed by atoms with Gasteiger partial charge in [0.15, 0.2) is 0 Å². The third kappa shape index (κ3) is 3.74. The molecule has 0 saturated carbocycles. The zero-order valence-electron chi connectivity index (χ0n) is 15.3. The molecule has 1 saturated heterocycles. The monoisotopic (exact) mass is 363 g/mol. The van der Waals surface area contributed by atoms with Crippen LogP contribution >= 0.6 is 0 Å². The smallest absolute Gasteiger partial charge is 0.267 e. The maximum absolute atomic E-state index is 3.97. The van der Waals surface area contributed by atoms with Gasteiger partial charge >= 0.3 is 0 Å². The van der Waals surface area contributed by atoms with Crippen molar-refractivity contribution in [2.75, 3.05) is 13.6 Å². The minimum Gasteiger partial charge on any atom is -0.373 e. The molecule has 3 rings (SSSR count). The van der Waals surface area contributed by atoms with Crippen molar-refractivity contribution in [3.05, 3.63) is 41.5 Å². The molecule has 1 heterocycles. The van der Waals surface area contributed by atoms with Crippen molar-refractivity contribution in [2.45, 2.75) is 57.3 Å². The summed E-state index contributed by atoms with van der Waals surface area (Å²) in [6.45, 7) is 10.7. The van der Waals surface area contributed by atoms with Gasteiger partial charge in [0, 0.05) is 52.6 Å². The molecule has 2 aliphatic rings. The molecule has 0 spiro atoms. The largest absolute Gasteiger partial charge is 0.373 e. The molecule has 23 heavy (non-hydrogen) atoms. The Hall–Kier alpha value is -0.189. The summed E-state index contributed by atoms with van der Waals surface area (Å²) in [7, 11) is 2.18. The molecule has 0 radical (unpaired) electrons. The van der Waals surface area contributed by atoms with Crippen molar-refractivity contribution in [2.24, 2.45) is 0 Å². The molecule has 1 aromatic carbocycles. The van der Waals surface area contributed by atoms with Crippen molar-refractivity contribution in [1.82, 2.24) is 5.32 Å². The number of nitrogens with zero attached hydrogens (tertiary/aromatic N) is 1. The summed E-state index contributed by atoms with van der Waals surface area (Å²) in [5, 5.41) is 3.97. The molecular formula is C19H31N2SiTi+. The molecular weight excluding hydrogens is 332 g/mol. The number of hydrogen-bond donors (Lipinski definition) is 1. The fourth-order valence-corrected chi connectivity index (χ4v) is 7.25. The number of quaternary nitrogens is 1. The van der Waals surface area contributed by atoms with Crippen LogP contribution in [-0.4, -0.2) is 38.6 Å². The van der Waals surface area contributed by atoms with Crippen LogP contribution in [-0.2, 0) is 21.7 Å². The number of rotatable bonds is 3. The van der Waals surface area contributed by atoms with Gasteiger partial charge in [-0.1, -0.05) is 36.4 Å². The first-order chi connectivity index (χ1) is 10.2. The fourth-order valence-electron chi connectivity index (χ4n) is 4.50. The van der Waals surface area contributed by atoms with E-state index in [2.05, 4.69) is 76.5 Å². The van der Waals surface area contributed by atoms with E-state index in [0.717, 1.165) is 0 Å². The van der Waals surface area contributed by atoms with Crippen LogP contribution in [0.5, 0.6) is 0 Å². The molecule has 1 aliphatic carbocycles. The number of nitrogens with one attached hydrogen (secondary N) is 1. The van der Waals surface area contributed by atoms with Gasteiger partial charge in [-0.05, 0) is 31.9 Å². The van der Waals surface area contributed by atoms with E-state index in [9.17, 15) is 0 Å². The number of benzene rings is 1. The standard InChI is InChI=1S/C19H31N2Si.Ti/c1-18(2,3)20-19(4)13-8-14-21(19,5)22-17-12-11-15-9-6-7-10-16(15)17;/h6-7,9-12,17,20H,8,13-14,22H2,1-5H3;/q+1;. The SMILES string of the molecule is CC(C)(C)NC1(C)CCC[N+]1(C)[SiH2]C1C=Cc2ccccc21.[Ti]. The average Bonchev–Trinajstić information content (AvgIpc) is 2.91. The number of allylic oxidation sites excluding steroid dienone is 1. The minimum absolute atomic E-state index is 0. The van der Waals surface area contributed by atoms with Gasteiger partial charge in [0.2, 0.25) is 0 Å². The second kappa shape index (κ2) is 6.61. The average molecular weight is 363 g/mol. The Kier molecular flexibility index (Phi) is 5.50. The summed E-state index contributed by atoms with van der Waals surface area (Å²) in [6, 6.07) is 8.95. The number of likely N-dealkylation sites (tertiary alicyclic amines) is 1. The molecule has 2 nitrogen and oxygen atoms in total. The normalized spacial score (nSPS) is 33.2. The van der Waals surface area contributed by atoms with Gasteiger partial charge in [0.05, 0.1) is 13.6 Å². The van der Waals surface area contributed by atoms with Crippen LogP contribution < -0.4 is 5.32 Å². The number of hydrogen-bond acceptors (Lipinski definition) is 1. The molecule has 3 unspecified atom stereocenters. The van der Waals surface area contributed by atoms with Gasteiger partial charge in [-0.15, -0.1) is 0 Å². The van der Waals surface area contributed by atoms with E-state index >= 15 is 0 Å². The summed E-state index contributed by atoms with van der Waals surface area (Å²) >= 11 is 0. The molecule has 1 N–H and O–H groups in total. The molecule has 0 amide bonds. The Balaban J connectivity index is 0.00000192. The maximum atomic E-state index is 3.97. The van der Waals surface area contributed by atoms with E-state index in [-0.39, 0.29) is 42.6 Å². The van der Waals surface area contributed by atoms with Crippen molar-refractivity contribution < 1.29 is 25.9 Å². The van der Waals surface area contributed by atoms with E-state index in [1.807, 2.05) is 0 Å². The quantitative estimate of drug-likeness (QED) is 0.814. The second-order valence-electron chi connectivity index (χ2n) is 8.65. The van der Waals surface area contributed by atoms with E-state index in [4.69, 9.17) is 0 Å². The first-order valence-corrected chi connectivity index (χ1v) is 10.1. The van der Waals surface area contributed by atoms with Crippen LogP contribution in [0.15, 0.2) is 30.3 Å². The summed E-state index contributed by atoms with van der Waals surface area (Å²) in [4.78, 5) is 0. The van der Waals surface area contributed by atoms with Gasteiger partial charge in [-0.2, -0.15) is 0 Å². The molecule has 3 atom stereocenters. The van der Waals surface area contributed by atoms with Crippen LogP contribution in [0.1, 0.15) is 57.2 Å². The van der Waals surface area contributed by atoms with Crippen LogP contribution in [0.25, 0.3) is 6.08 Å². The summed E-state index contributed by atoms with van der Waals surface area (Å²) < 4.78 is 1.26. The van der Waals surface area contributed by atoms with Crippen molar-refractivity contribution in [3.63, 3.8) is 0 Å². The third-order valence-electron chi connectivity index (χ3n) is 5.65. The summed E-state index contributed by atoms with van der Waals surface area (Å²) in [6.07, 6.45) is 7.45. The summed E-state index contributed by atoms with van der Waals surface area (Å²) in [5.74, 6) is 0. The van der Waals surface area contributed by atoms with Gasteiger partial charge in [0.25, 0.3) is 9.68 Å². The van der Waals surface area contributed by atoms with E-state index in [0.29, 0.717) is 5.54 Å². The Bertz CT molecular complexity index is 595. The molecule has 1 fully saturated rings. The Morgan fingerprint density at radius 1 is 1.26 bits per heavy atom. The van der Waals surface area contributed by atoms with Gasteiger partial charge in [0.1, 0.15) is 5.66 Å². The Morgan fingerprint density at radius 2 is 1.96 bits per heavy atom. The predicted molar refractivity (Wildman–Crippen MR) is 98.3 cm³/mol. The van der Waals surface area contributed by atoms with Crippen LogP contribution in [0.2, 0.25) is 0 Å². The topological polar surface area (TPSA) is 12.0 Å². The van der Waals surface area contributed by atoms with Gasteiger partial charge < -0.3 is 4.15 Å². The van der Waals surface area contributed by atoms with Gasteiger partial charge in [-0.25, -0.2) is 0 Å². The van der Waals surface area contributed by atoms with Gasteiger partial charge in [-0.3, -0.25) is 5.32 Å². The van der Waals surface area contributed by atoms with Crippen molar-refractivity contribution in [3.8, 4) is 0 Å². The molecule has 0 bridgehead atoms. The molecule has 1 aromatic rings. The fraction of sp³-hybridized carbons (Fsp3) is 0.579. The molecule has 124 valence electrons. The minimum atomic E-state index is -0.326.